The molecule has 3 nitrogen and oxygen atoms in total. The van der Waals surface area contributed by atoms with Gasteiger partial charge in [0.1, 0.15) is 5.82 Å². The third kappa shape index (κ3) is 3.69. The first-order chi connectivity index (χ1) is 10.9. The van der Waals surface area contributed by atoms with Crippen LogP contribution in [0.25, 0.3) is 0 Å². The van der Waals surface area contributed by atoms with Crippen LogP contribution in [-0.4, -0.2) is 11.1 Å². The number of carboxylic acids is 1. The third-order valence-electron chi connectivity index (χ3n) is 4.00. The van der Waals surface area contributed by atoms with Crippen LogP contribution >= 0.6 is 11.6 Å². The summed E-state index contributed by atoms with van der Waals surface area (Å²) < 4.78 is 13.6. The van der Waals surface area contributed by atoms with Crippen molar-refractivity contribution in [1.29, 1.82) is 5.26 Å². The highest BCUT2D eigenvalue weighted by molar-refractivity contribution is 6.30. The molecule has 2 unspecified atom stereocenters. The van der Waals surface area contributed by atoms with Crippen LogP contribution < -0.4 is 0 Å². The van der Waals surface area contributed by atoms with Gasteiger partial charge in [-0.2, -0.15) is 5.26 Å². The van der Waals surface area contributed by atoms with Crippen molar-refractivity contribution in [3.05, 3.63) is 70.5 Å². The van der Waals surface area contributed by atoms with E-state index in [0.717, 1.165) is 0 Å². The molecule has 5 heteroatoms. The van der Waals surface area contributed by atoms with E-state index in [1.807, 2.05) is 0 Å². The second kappa shape index (κ2) is 6.80. The number of carboxylic acid groups (broad SMARTS) is 1. The molecule has 0 aliphatic carbocycles. The molecule has 0 aliphatic heterocycles. The molecule has 118 valence electrons. The molecule has 1 N–H and O–H groups in total. The fourth-order valence-electron chi connectivity index (χ4n) is 2.68. The van der Waals surface area contributed by atoms with Gasteiger partial charge in [-0.05, 0) is 42.3 Å². The maximum absolute atomic E-state index is 13.6. The number of hydrogen-bond donors (Lipinski definition) is 1. The quantitative estimate of drug-likeness (QED) is 0.876. The minimum Gasteiger partial charge on any atom is -0.481 e. The van der Waals surface area contributed by atoms with Crippen molar-refractivity contribution < 1.29 is 14.3 Å². The molecule has 0 bridgehead atoms. The van der Waals surface area contributed by atoms with E-state index < -0.39 is 23.1 Å². The van der Waals surface area contributed by atoms with E-state index in [-0.39, 0.29) is 6.42 Å². The summed E-state index contributed by atoms with van der Waals surface area (Å²) in [6, 6.07) is 14.6. The van der Waals surface area contributed by atoms with Crippen molar-refractivity contribution >= 4 is 17.6 Å². The number of rotatable bonds is 5. The SMILES string of the molecule is CC(C#N)(c1cccc(F)c1)C(CC(=O)O)c1ccc(Cl)cc1. The zero-order valence-corrected chi connectivity index (χ0v) is 13.2. The van der Waals surface area contributed by atoms with Gasteiger partial charge in [0.2, 0.25) is 0 Å². The predicted octanol–water partition coefficient (Wildman–Crippen LogP) is 4.52. The number of aliphatic carboxylic acids is 1. The fourth-order valence-corrected chi connectivity index (χ4v) is 2.81. The van der Waals surface area contributed by atoms with Gasteiger partial charge in [-0.15, -0.1) is 0 Å². The Morgan fingerprint density at radius 1 is 1.35 bits per heavy atom. The Kier molecular flexibility index (Phi) is 5.02. The summed E-state index contributed by atoms with van der Waals surface area (Å²) in [5.74, 6) is -2.12. The van der Waals surface area contributed by atoms with Crippen LogP contribution in [-0.2, 0) is 10.2 Å². The minimum atomic E-state index is -1.19. The predicted molar refractivity (Wildman–Crippen MR) is 85.8 cm³/mol. The van der Waals surface area contributed by atoms with Crippen molar-refractivity contribution in [3.63, 3.8) is 0 Å². The first-order valence-electron chi connectivity index (χ1n) is 7.01. The van der Waals surface area contributed by atoms with Gasteiger partial charge in [-0.3, -0.25) is 4.79 Å². The highest BCUT2D eigenvalue weighted by Gasteiger charge is 2.39. The lowest BCUT2D eigenvalue weighted by molar-refractivity contribution is -0.137. The van der Waals surface area contributed by atoms with Gasteiger partial charge in [0.15, 0.2) is 0 Å². The van der Waals surface area contributed by atoms with Crippen molar-refractivity contribution in [1.82, 2.24) is 0 Å². The molecule has 0 fully saturated rings. The second-order valence-electron chi connectivity index (χ2n) is 5.53. The Morgan fingerprint density at radius 2 is 2.00 bits per heavy atom. The molecular formula is C18H15ClFNO2. The lowest BCUT2D eigenvalue weighted by atomic mass is 9.68. The molecule has 0 aromatic heterocycles. The summed E-state index contributed by atoms with van der Waals surface area (Å²) in [6.07, 6.45) is -0.248. The summed E-state index contributed by atoms with van der Waals surface area (Å²) in [5, 5.41) is 19.5. The highest BCUT2D eigenvalue weighted by atomic mass is 35.5. The average molecular weight is 332 g/mol. The maximum atomic E-state index is 13.6. The molecule has 23 heavy (non-hydrogen) atoms. The minimum absolute atomic E-state index is 0.248. The molecule has 2 atom stereocenters. The average Bonchev–Trinajstić information content (AvgIpc) is 2.52. The topological polar surface area (TPSA) is 61.1 Å². The summed E-state index contributed by atoms with van der Waals surface area (Å²) in [4.78, 5) is 11.3. The number of carbonyl (C=O) groups is 1. The second-order valence-corrected chi connectivity index (χ2v) is 5.96. The zero-order chi connectivity index (χ0) is 17.0. The summed E-state index contributed by atoms with van der Waals surface area (Å²) in [7, 11) is 0. The summed E-state index contributed by atoms with van der Waals surface area (Å²) >= 11 is 5.88. The van der Waals surface area contributed by atoms with Crippen LogP contribution in [0, 0.1) is 17.1 Å². The molecule has 0 aliphatic rings. The van der Waals surface area contributed by atoms with Crippen LogP contribution in [0.1, 0.15) is 30.4 Å². The van der Waals surface area contributed by atoms with E-state index >= 15 is 0 Å². The van der Waals surface area contributed by atoms with Gasteiger partial charge in [0.25, 0.3) is 0 Å². The van der Waals surface area contributed by atoms with Crippen LogP contribution in [0.3, 0.4) is 0 Å². The van der Waals surface area contributed by atoms with E-state index in [2.05, 4.69) is 6.07 Å². The van der Waals surface area contributed by atoms with Gasteiger partial charge in [-0.1, -0.05) is 35.9 Å². The van der Waals surface area contributed by atoms with Gasteiger partial charge >= 0.3 is 5.97 Å². The van der Waals surface area contributed by atoms with Crippen LogP contribution in [0.15, 0.2) is 48.5 Å². The maximum Gasteiger partial charge on any atom is 0.304 e. The standard InChI is InChI=1S/C18H15ClFNO2/c1-18(11-21,13-3-2-4-15(20)9-13)16(10-17(22)23)12-5-7-14(19)8-6-12/h2-9,16H,10H2,1H3,(H,22,23). The Balaban J connectivity index is 2.57. The number of halogens is 2. The van der Waals surface area contributed by atoms with Crippen LogP contribution in [0.5, 0.6) is 0 Å². The van der Waals surface area contributed by atoms with Gasteiger partial charge in [0.05, 0.1) is 17.9 Å². The largest absolute Gasteiger partial charge is 0.481 e. The Bertz CT molecular complexity index is 754. The lowest BCUT2D eigenvalue weighted by Gasteiger charge is -2.32. The number of nitriles is 1. The van der Waals surface area contributed by atoms with Crippen LogP contribution in [0.4, 0.5) is 4.39 Å². The lowest BCUT2D eigenvalue weighted by Crippen LogP contribution is -2.31. The number of nitrogens with zero attached hydrogens (tertiary/aromatic N) is 1. The normalized spacial score (nSPS) is 14.5. The Morgan fingerprint density at radius 3 is 2.52 bits per heavy atom. The molecule has 2 aromatic carbocycles. The third-order valence-corrected chi connectivity index (χ3v) is 4.26. The Hall–Kier alpha value is -2.38. The fraction of sp³-hybridized carbons (Fsp3) is 0.222. The van der Waals surface area contributed by atoms with E-state index in [0.29, 0.717) is 16.1 Å². The number of benzene rings is 2. The molecule has 0 saturated carbocycles. The van der Waals surface area contributed by atoms with Gasteiger partial charge in [0, 0.05) is 10.9 Å². The van der Waals surface area contributed by atoms with Gasteiger partial charge in [-0.25, -0.2) is 4.39 Å². The van der Waals surface area contributed by atoms with E-state index in [1.54, 1.807) is 37.3 Å². The van der Waals surface area contributed by atoms with Crippen molar-refractivity contribution in [3.8, 4) is 6.07 Å². The first-order valence-corrected chi connectivity index (χ1v) is 7.39. The van der Waals surface area contributed by atoms with E-state index in [1.165, 1.54) is 18.2 Å². The summed E-state index contributed by atoms with van der Waals surface area (Å²) in [5.41, 5.74) is -0.0692. The zero-order valence-electron chi connectivity index (χ0n) is 12.5. The molecule has 0 heterocycles. The number of hydrogen-bond acceptors (Lipinski definition) is 2. The van der Waals surface area contributed by atoms with Crippen molar-refractivity contribution in [2.45, 2.75) is 24.7 Å². The Labute approximate surface area is 138 Å². The molecule has 0 spiro atoms. The highest BCUT2D eigenvalue weighted by Crippen LogP contribution is 2.41. The van der Waals surface area contributed by atoms with E-state index in [9.17, 15) is 19.6 Å². The molecule has 0 radical (unpaired) electrons. The molecule has 0 saturated heterocycles. The van der Waals surface area contributed by atoms with Crippen molar-refractivity contribution in [2.75, 3.05) is 0 Å². The smallest absolute Gasteiger partial charge is 0.304 e. The van der Waals surface area contributed by atoms with E-state index in [4.69, 9.17) is 11.6 Å². The van der Waals surface area contributed by atoms with Crippen molar-refractivity contribution in [2.24, 2.45) is 0 Å². The molecule has 2 rings (SSSR count). The molecule has 0 amide bonds. The molecular weight excluding hydrogens is 317 g/mol. The van der Waals surface area contributed by atoms with Gasteiger partial charge < -0.3 is 5.11 Å². The monoisotopic (exact) mass is 331 g/mol. The molecule has 2 aromatic rings. The first kappa shape index (κ1) is 17.0. The summed E-state index contributed by atoms with van der Waals surface area (Å²) in [6.45, 7) is 1.63. The van der Waals surface area contributed by atoms with Crippen LogP contribution in [0.2, 0.25) is 5.02 Å².